The Balaban J connectivity index is 1.40. The third-order valence-electron chi connectivity index (χ3n) is 6.28. The molecule has 1 atom stereocenters. The molecule has 0 bridgehead atoms. The topological polar surface area (TPSA) is 53.0 Å². The second-order valence-corrected chi connectivity index (χ2v) is 9.34. The summed E-state index contributed by atoms with van der Waals surface area (Å²) in [5.41, 5.74) is 0.131. The molecule has 3 saturated heterocycles. The highest BCUT2D eigenvalue weighted by Crippen LogP contribution is 2.41. The van der Waals surface area contributed by atoms with Gasteiger partial charge in [-0.05, 0) is 49.0 Å². The van der Waals surface area contributed by atoms with Crippen molar-refractivity contribution in [2.24, 2.45) is 5.41 Å². The van der Waals surface area contributed by atoms with Gasteiger partial charge < -0.3 is 14.7 Å². The van der Waals surface area contributed by atoms with Gasteiger partial charge in [0.2, 0.25) is 0 Å². The molecule has 1 spiro atoms. The Hall–Kier alpha value is -0.660. The molecule has 4 heterocycles. The van der Waals surface area contributed by atoms with Crippen LogP contribution in [0, 0.1) is 5.41 Å². The number of hydrogen-bond acceptors (Lipinski definition) is 5. The zero-order valence-electron chi connectivity index (χ0n) is 15.0. The quantitative estimate of drug-likeness (QED) is 0.832. The van der Waals surface area contributed by atoms with Crippen LogP contribution >= 0.6 is 22.9 Å². The molecule has 0 aliphatic carbocycles. The number of thiophene rings is 1. The van der Waals surface area contributed by atoms with Crippen molar-refractivity contribution in [3.63, 3.8) is 0 Å². The van der Waals surface area contributed by atoms with Crippen LogP contribution in [0.2, 0.25) is 5.02 Å². The normalized spacial score (nSPS) is 27.8. The zero-order chi connectivity index (χ0) is 18.1. The average molecular weight is 399 g/mol. The molecule has 4 rings (SSSR count). The minimum Gasteiger partial charge on any atom is -0.392 e. The molecular formula is C19H27ClN2O3S. The van der Waals surface area contributed by atoms with E-state index in [2.05, 4.69) is 4.90 Å². The predicted octanol–water partition coefficient (Wildman–Crippen LogP) is 2.87. The van der Waals surface area contributed by atoms with Crippen LogP contribution in [0.1, 0.15) is 41.8 Å². The number of ether oxygens (including phenoxy) is 1. The molecule has 3 aliphatic heterocycles. The summed E-state index contributed by atoms with van der Waals surface area (Å²) in [6.45, 7) is 4.97. The lowest BCUT2D eigenvalue weighted by Gasteiger charge is -2.51. The molecule has 1 amide bonds. The largest absolute Gasteiger partial charge is 0.392 e. The zero-order valence-corrected chi connectivity index (χ0v) is 16.6. The maximum Gasteiger partial charge on any atom is 0.265 e. The maximum absolute atomic E-state index is 12.7. The second-order valence-electron chi connectivity index (χ2n) is 8.02. The Morgan fingerprint density at radius 2 is 2.04 bits per heavy atom. The van der Waals surface area contributed by atoms with Gasteiger partial charge in [-0.25, -0.2) is 0 Å². The molecule has 1 unspecified atom stereocenters. The van der Waals surface area contributed by atoms with Crippen LogP contribution in [-0.4, -0.2) is 72.4 Å². The van der Waals surface area contributed by atoms with Gasteiger partial charge in [0.15, 0.2) is 0 Å². The number of rotatable bonds is 2. The molecule has 26 heavy (non-hydrogen) atoms. The summed E-state index contributed by atoms with van der Waals surface area (Å²) in [5, 5.41) is 12.9. The number of amides is 1. The molecule has 7 heteroatoms. The van der Waals surface area contributed by atoms with E-state index in [4.69, 9.17) is 16.3 Å². The van der Waals surface area contributed by atoms with E-state index in [9.17, 15) is 9.90 Å². The summed E-state index contributed by atoms with van der Waals surface area (Å²) in [6, 6.07) is 2.31. The number of nitrogens with zero attached hydrogens (tertiary/aromatic N) is 2. The number of halogens is 1. The van der Waals surface area contributed by atoms with Crippen molar-refractivity contribution in [3.05, 3.63) is 21.3 Å². The van der Waals surface area contributed by atoms with Crippen molar-refractivity contribution in [1.82, 2.24) is 9.80 Å². The van der Waals surface area contributed by atoms with Gasteiger partial charge in [-0.2, -0.15) is 0 Å². The molecule has 0 saturated carbocycles. The number of β-amino-alcohol motifs (C(OH)–C–C–N with tert-alkyl or cyclic N) is 1. The first-order chi connectivity index (χ1) is 12.6. The van der Waals surface area contributed by atoms with E-state index in [0.29, 0.717) is 15.9 Å². The minimum atomic E-state index is -0.263. The number of piperidine rings is 2. The summed E-state index contributed by atoms with van der Waals surface area (Å²) < 4.78 is 5.50. The van der Waals surface area contributed by atoms with Crippen LogP contribution in [0.4, 0.5) is 0 Å². The highest BCUT2D eigenvalue weighted by molar-refractivity contribution is 7.12. The van der Waals surface area contributed by atoms with E-state index in [-0.39, 0.29) is 17.4 Å². The highest BCUT2D eigenvalue weighted by atomic mass is 35.5. The monoisotopic (exact) mass is 398 g/mol. The van der Waals surface area contributed by atoms with Crippen LogP contribution in [0.5, 0.6) is 0 Å². The van der Waals surface area contributed by atoms with Gasteiger partial charge in [0.1, 0.15) is 4.88 Å². The standard InChI is InChI=1S/C19H27ClN2O3S/c20-16-3-10-26-17(16)18(24)21-6-4-19(5-7-21)11-15(23)12-22(13-19)14-1-8-25-9-2-14/h3,10,14-15,23H,1-2,4-9,11-13H2. The van der Waals surface area contributed by atoms with Crippen LogP contribution in [0.15, 0.2) is 11.4 Å². The van der Waals surface area contributed by atoms with Crippen LogP contribution < -0.4 is 0 Å². The van der Waals surface area contributed by atoms with Gasteiger partial charge >= 0.3 is 0 Å². The molecule has 3 fully saturated rings. The fourth-order valence-electron chi connectivity index (χ4n) is 4.86. The first-order valence-electron chi connectivity index (χ1n) is 9.58. The number of aliphatic hydroxyl groups is 1. The van der Waals surface area contributed by atoms with Gasteiger partial charge in [-0.1, -0.05) is 11.6 Å². The Morgan fingerprint density at radius 3 is 2.69 bits per heavy atom. The summed E-state index contributed by atoms with van der Waals surface area (Å²) in [4.78, 5) is 17.8. The molecule has 1 aromatic rings. The molecular weight excluding hydrogens is 372 g/mol. The number of hydrogen-bond donors (Lipinski definition) is 1. The first kappa shape index (κ1) is 18.7. The SMILES string of the molecule is O=C(c1sccc1Cl)N1CCC2(CC1)CC(O)CN(C1CCOCC1)C2. The maximum atomic E-state index is 12.7. The van der Waals surface area contributed by atoms with Crippen molar-refractivity contribution in [1.29, 1.82) is 0 Å². The van der Waals surface area contributed by atoms with Crippen LogP contribution in [0.3, 0.4) is 0 Å². The van der Waals surface area contributed by atoms with Crippen molar-refractivity contribution in [2.45, 2.75) is 44.2 Å². The van der Waals surface area contributed by atoms with Gasteiger partial charge in [-0.3, -0.25) is 9.69 Å². The highest BCUT2D eigenvalue weighted by Gasteiger charge is 2.44. The fourth-order valence-corrected chi connectivity index (χ4v) is 5.96. The van der Waals surface area contributed by atoms with Crippen LogP contribution in [-0.2, 0) is 4.74 Å². The van der Waals surface area contributed by atoms with E-state index >= 15 is 0 Å². The second kappa shape index (κ2) is 7.76. The van der Waals surface area contributed by atoms with E-state index in [1.165, 1.54) is 11.3 Å². The first-order valence-corrected chi connectivity index (χ1v) is 10.8. The Morgan fingerprint density at radius 1 is 1.31 bits per heavy atom. The summed E-state index contributed by atoms with van der Waals surface area (Å²) in [7, 11) is 0. The molecule has 1 aromatic heterocycles. The van der Waals surface area contributed by atoms with Crippen LogP contribution in [0.25, 0.3) is 0 Å². The van der Waals surface area contributed by atoms with E-state index < -0.39 is 0 Å². The summed E-state index contributed by atoms with van der Waals surface area (Å²) >= 11 is 7.55. The Labute approximate surface area is 163 Å². The predicted molar refractivity (Wildman–Crippen MR) is 103 cm³/mol. The number of aliphatic hydroxyl groups excluding tert-OH is 1. The van der Waals surface area contributed by atoms with Gasteiger partial charge in [0.25, 0.3) is 5.91 Å². The van der Waals surface area contributed by atoms with Crippen molar-refractivity contribution >= 4 is 28.8 Å². The third-order valence-corrected chi connectivity index (χ3v) is 7.61. The number of carbonyl (C=O) groups excluding carboxylic acids is 1. The van der Waals surface area contributed by atoms with E-state index in [1.807, 2.05) is 10.3 Å². The van der Waals surface area contributed by atoms with Crippen molar-refractivity contribution < 1.29 is 14.6 Å². The third kappa shape index (κ3) is 3.80. The fraction of sp³-hybridized carbons (Fsp3) is 0.737. The molecule has 0 aromatic carbocycles. The lowest BCUT2D eigenvalue weighted by Crippen LogP contribution is -2.57. The van der Waals surface area contributed by atoms with Crippen molar-refractivity contribution in [2.75, 3.05) is 39.4 Å². The molecule has 1 N–H and O–H groups in total. The molecule has 5 nitrogen and oxygen atoms in total. The minimum absolute atomic E-state index is 0.0532. The lowest BCUT2D eigenvalue weighted by atomic mass is 9.71. The number of likely N-dealkylation sites (tertiary alicyclic amines) is 2. The van der Waals surface area contributed by atoms with Gasteiger partial charge in [0, 0.05) is 45.4 Å². The van der Waals surface area contributed by atoms with Gasteiger partial charge in [-0.15, -0.1) is 11.3 Å². The lowest BCUT2D eigenvalue weighted by molar-refractivity contribution is -0.0694. The van der Waals surface area contributed by atoms with E-state index in [1.54, 1.807) is 6.07 Å². The molecule has 0 radical (unpaired) electrons. The van der Waals surface area contributed by atoms with Crippen molar-refractivity contribution in [3.8, 4) is 0 Å². The number of carbonyl (C=O) groups is 1. The van der Waals surface area contributed by atoms with E-state index in [0.717, 1.165) is 71.5 Å². The Kier molecular flexibility index (Phi) is 5.58. The summed E-state index contributed by atoms with van der Waals surface area (Å²) in [5.74, 6) is 0.0532. The Bertz CT molecular complexity index is 638. The summed E-state index contributed by atoms with van der Waals surface area (Å²) in [6.07, 6.45) is 4.63. The molecule has 144 valence electrons. The smallest absolute Gasteiger partial charge is 0.265 e. The molecule has 3 aliphatic rings. The van der Waals surface area contributed by atoms with Gasteiger partial charge in [0.05, 0.1) is 11.1 Å². The average Bonchev–Trinajstić information content (AvgIpc) is 3.08.